The van der Waals surface area contributed by atoms with E-state index in [1.807, 2.05) is 23.1 Å². The molecule has 1 aromatic heterocycles. The zero-order valence-corrected chi connectivity index (χ0v) is 15.6. The van der Waals surface area contributed by atoms with Crippen molar-refractivity contribution in [1.29, 1.82) is 0 Å². The largest absolute Gasteiger partial charge is 0.451 e. The van der Waals surface area contributed by atoms with E-state index in [1.54, 1.807) is 6.07 Å². The first-order valence-corrected chi connectivity index (χ1v) is 9.82. The first-order chi connectivity index (χ1) is 13.1. The number of ether oxygens (including phenoxy) is 1. The average Bonchev–Trinajstić information content (AvgIpc) is 2.72. The number of fused-ring (bicyclic) bond motifs is 2. The summed E-state index contributed by atoms with van der Waals surface area (Å²) in [5.41, 5.74) is 1.48. The topological polar surface area (TPSA) is 72.4 Å². The van der Waals surface area contributed by atoms with Crippen molar-refractivity contribution in [2.45, 2.75) is 45.1 Å². The summed E-state index contributed by atoms with van der Waals surface area (Å²) in [6.07, 6.45) is 7.10. The Balaban J connectivity index is 1.40. The minimum Gasteiger partial charge on any atom is -0.451 e. The highest BCUT2D eigenvalue weighted by atomic mass is 16.5. The molecule has 0 radical (unpaired) electrons. The van der Waals surface area contributed by atoms with Crippen molar-refractivity contribution < 1.29 is 14.3 Å². The fourth-order valence-electron chi connectivity index (χ4n) is 4.56. The number of para-hydroxylation sites is 2. The molecule has 0 bridgehead atoms. The van der Waals surface area contributed by atoms with E-state index in [4.69, 9.17) is 4.74 Å². The van der Waals surface area contributed by atoms with Gasteiger partial charge in [0.1, 0.15) is 0 Å². The molecule has 0 spiro atoms. The van der Waals surface area contributed by atoms with Crippen LogP contribution in [0, 0.1) is 11.8 Å². The Morgan fingerprint density at radius 3 is 2.78 bits per heavy atom. The van der Waals surface area contributed by atoms with Gasteiger partial charge in [-0.1, -0.05) is 31.9 Å². The van der Waals surface area contributed by atoms with Gasteiger partial charge >= 0.3 is 5.97 Å². The molecule has 2 fully saturated rings. The standard InChI is InChI=1S/C21H25N3O3/c1-14-10-11-24(19-9-5-2-6-15(14)19)20(25)13-27-21(26)18-12-22-16-7-3-4-8-17(16)23-18/h3-4,7-8,12,14-15,19H,2,5-6,9-11,13H2,1H3/t14-,15+,19+/m1/s1. The average molecular weight is 367 g/mol. The second-order valence-electron chi connectivity index (χ2n) is 7.69. The second kappa shape index (κ2) is 7.62. The SMILES string of the molecule is C[C@@H]1CCN(C(=O)COC(=O)c2cnc3ccccc3n2)[C@H]2CCCC[C@@H]12. The number of benzene rings is 1. The Morgan fingerprint density at radius 1 is 1.15 bits per heavy atom. The van der Waals surface area contributed by atoms with Crippen LogP contribution in [0.15, 0.2) is 30.5 Å². The van der Waals surface area contributed by atoms with Crippen molar-refractivity contribution in [3.63, 3.8) is 0 Å². The summed E-state index contributed by atoms with van der Waals surface area (Å²) < 4.78 is 5.27. The Morgan fingerprint density at radius 2 is 1.93 bits per heavy atom. The van der Waals surface area contributed by atoms with Crippen LogP contribution in [0.4, 0.5) is 0 Å². The lowest BCUT2D eigenvalue weighted by molar-refractivity contribution is -0.142. The molecular weight excluding hydrogens is 342 g/mol. The molecule has 2 aromatic rings. The first kappa shape index (κ1) is 17.9. The summed E-state index contributed by atoms with van der Waals surface area (Å²) >= 11 is 0. The zero-order chi connectivity index (χ0) is 18.8. The molecule has 142 valence electrons. The van der Waals surface area contributed by atoms with Crippen LogP contribution in [0.5, 0.6) is 0 Å². The molecule has 4 rings (SSSR count). The van der Waals surface area contributed by atoms with Crippen LogP contribution >= 0.6 is 0 Å². The van der Waals surface area contributed by atoms with Gasteiger partial charge < -0.3 is 9.64 Å². The maximum absolute atomic E-state index is 12.7. The zero-order valence-electron chi connectivity index (χ0n) is 15.6. The van der Waals surface area contributed by atoms with E-state index in [2.05, 4.69) is 16.9 Å². The summed E-state index contributed by atoms with van der Waals surface area (Å²) in [5.74, 6) is 0.543. The minimum atomic E-state index is -0.604. The third-order valence-electron chi connectivity index (χ3n) is 6.04. The Hall–Kier alpha value is -2.50. The minimum absolute atomic E-state index is 0.0964. The van der Waals surface area contributed by atoms with Gasteiger partial charge in [-0.05, 0) is 43.2 Å². The van der Waals surface area contributed by atoms with Crippen LogP contribution in [-0.2, 0) is 9.53 Å². The number of amides is 1. The molecule has 1 aliphatic carbocycles. The highest BCUT2D eigenvalue weighted by molar-refractivity contribution is 5.91. The number of likely N-dealkylation sites (tertiary alicyclic amines) is 1. The van der Waals surface area contributed by atoms with Gasteiger partial charge in [0, 0.05) is 12.6 Å². The van der Waals surface area contributed by atoms with Crippen LogP contribution < -0.4 is 0 Å². The molecule has 1 saturated carbocycles. The number of nitrogens with zero attached hydrogens (tertiary/aromatic N) is 3. The van der Waals surface area contributed by atoms with Crippen LogP contribution in [0.2, 0.25) is 0 Å². The number of hydrogen-bond acceptors (Lipinski definition) is 5. The summed E-state index contributed by atoms with van der Waals surface area (Å²) in [6.45, 7) is 2.82. The molecule has 6 nitrogen and oxygen atoms in total. The van der Waals surface area contributed by atoms with Gasteiger partial charge in [0.15, 0.2) is 12.3 Å². The van der Waals surface area contributed by atoms with Gasteiger partial charge in [0.25, 0.3) is 5.91 Å². The van der Waals surface area contributed by atoms with E-state index in [-0.39, 0.29) is 18.2 Å². The van der Waals surface area contributed by atoms with Gasteiger partial charge in [0.05, 0.1) is 17.2 Å². The number of carbonyl (C=O) groups is 2. The fourth-order valence-corrected chi connectivity index (χ4v) is 4.56. The molecule has 6 heteroatoms. The highest BCUT2D eigenvalue weighted by Gasteiger charge is 2.39. The third kappa shape index (κ3) is 3.66. The van der Waals surface area contributed by atoms with Gasteiger partial charge in [-0.25, -0.2) is 9.78 Å². The van der Waals surface area contributed by atoms with Crippen molar-refractivity contribution in [3.8, 4) is 0 Å². The lowest BCUT2D eigenvalue weighted by atomic mass is 9.72. The smallest absolute Gasteiger partial charge is 0.359 e. The van der Waals surface area contributed by atoms with Gasteiger partial charge in [0.2, 0.25) is 0 Å². The number of esters is 1. The Bertz CT molecular complexity index is 853. The quantitative estimate of drug-likeness (QED) is 0.779. The van der Waals surface area contributed by atoms with Crippen LogP contribution in [0.25, 0.3) is 11.0 Å². The number of aromatic nitrogens is 2. The van der Waals surface area contributed by atoms with E-state index in [1.165, 1.54) is 25.5 Å². The van der Waals surface area contributed by atoms with Crippen LogP contribution in [0.1, 0.15) is 49.5 Å². The second-order valence-corrected chi connectivity index (χ2v) is 7.69. The fraction of sp³-hybridized carbons (Fsp3) is 0.524. The van der Waals surface area contributed by atoms with E-state index < -0.39 is 5.97 Å². The molecule has 0 N–H and O–H groups in total. The maximum atomic E-state index is 12.7. The normalized spacial score (nSPS) is 25.1. The summed E-state index contributed by atoms with van der Waals surface area (Å²) in [5, 5.41) is 0. The van der Waals surface area contributed by atoms with Crippen LogP contribution in [0.3, 0.4) is 0 Å². The maximum Gasteiger partial charge on any atom is 0.359 e. The van der Waals surface area contributed by atoms with Crippen molar-refractivity contribution in [3.05, 3.63) is 36.2 Å². The number of hydrogen-bond donors (Lipinski definition) is 0. The Kier molecular flexibility index (Phi) is 5.05. The molecule has 1 saturated heterocycles. The van der Waals surface area contributed by atoms with Gasteiger partial charge in [-0.2, -0.15) is 0 Å². The van der Waals surface area contributed by atoms with Crippen molar-refractivity contribution >= 4 is 22.9 Å². The van der Waals surface area contributed by atoms with E-state index in [0.717, 1.165) is 24.9 Å². The molecule has 1 aromatic carbocycles. The van der Waals surface area contributed by atoms with E-state index in [9.17, 15) is 9.59 Å². The number of rotatable bonds is 3. The molecular formula is C21H25N3O3. The van der Waals surface area contributed by atoms with Crippen LogP contribution in [-0.4, -0.2) is 45.9 Å². The molecule has 1 aliphatic heterocycles. The van der Waals surface area contributed by atoms with Gasteiger partial charge in [-0.15, -0.1) is 0 Å². The number of carbonyl (C=O) groups excluding carboxylic acids is 2. The molecule has 27 heavy (non-hydrogen) atoms. The van der Waals surface area contributed by atoms with Crippen molar-refractivity contribution in [2.75, 3.05) is 13.2 Å². The van der Waals surface area contributed by atoms with Crippen molar-refractivity contribution in [2.24, 2.45) is 11.8 Å². The molecule has 3 atom stereocenters. The summed E-state index contributed by atoms with van der Waals surface area (Å²) in [4.78, 5) is 35.5. The monoisotopic (exact) mass is 367 g/mol. The molecule has 1 amide bonds. The predicted molar refractivity (Wildman–Crippen MR) is 101 cm³/mol. The molecule has 0 unspecified atom stereocenters. The summed E-state index contributed by atoms with van der Waals surface area (Å²) in [6, 6.07) is 7.63. The van der Waals surface area contributed by atoms with Crippen molar-refractivity contribution in [1.82, 2.24) is 14.9 Å². The predicted octanol–water partition coefficient (Wildman–Crippen LogP) is 3.21. The summed E-state index contributed by atoms with van der Waals surface area (Å²) in [7, 11) is 0. The molecule has 2 aliphatic rings. The highest BCUT2D eigenvalue weighted by Crippen LogP contribution is 2.38. The molecule has 2 heterocycles. The van der Waals surface area contributed by atoms with Gasteiger partial charge in [-0.3, -0.25) is 9.78 Å². The van der Waals surface area contributed by atoms with E-state index >= 15 is 0 Å². The third-order valence-corrected chi connectivity index (χ3v) is 6.04. The lowest BCUT2D eigenvalue weighted by Crippen LogP contribution is -2.53. The Labute approximate surface area is 158 Å². The van der Waals surface area contributed by atoms with E-state index in [0.29, 0.717) is 23.4 Å². The number of piperidine rings is 1. The lowest BCUT2D eigenvalue weighted by Gasteiger charge is -2.47. The first-order valence-electron chi connectivity index (χ1n) is 9.82.